The summed E-state index contributed by atoms with van der Waals surface area (Å²) < 4.78 is 9.30. The number of ether oxygens (including phenoxy) is 2. The molecule has 0 unspecified atom stereocenters. The van der Waals surface area contributed by atoms with Crippen LogP contribution in [-0.2, 0) is 9.47 Å². The Morgan fingerprint density at radius 1 is 0.870 bits per heavy atom. The smallest absolute Gasteiger partial charge is 0.337 e. The van der Waals surface area contributed by atoms with Crippen LogP contribution in [0.3, 0.4) is 0 Å². The van der Waals surface area contributed by atoms with E-state index in [0.717, 1.165) is 11.1 Å². The van der Waals surface area contributed by atoms with Crippen molar-refractivity contribution in [1.82, 2.24) is 0 Å². The molecular formula is C18H15ClO4. The summed E-state index contributed by atoms with van der Waals surface area (Å²) in [6.07, 6.45) is 3.69. The first-order valence-electron chi connectivity index (χ1n) is 6.79. The molecule has 0 atom stereocenters. The van der Waals surface area contributed by atoms with E-state index >= 15 is 0 Å². The quantitative estimate of drug-likeness (QED) is 0.626. The number of carbonyl (C=O) groups excluding carboxylic acids is 2. The van der Waals surface area contributed by atoms with E-state index in [-0.39, 0.29) is 5.97 Å². The van der Waals surface area contributed by atoms with Crippen LogP contribution in [0.15, 0.2) is 42.5 Å². The van der Waals surface area contributed by atoms with Crippen molar-refractivity contribution < 1.29 is 19.1 Å². The predicted octanol–water partition coefficient (Wildman–Crippen LogP) is 4.08. The second-order valence-electron chi connectivity index (χ2n) is 4.67. The van der Waals surface area contributed by atoms with Gasteiger partial charge in [-0.25, -0.2) is 9.59 Å². The lowest BCUT2D eigenvalue weighted by atomic mass is 10.1. The van der Waals surface area contributed by atoms with E-state index < -0.39 is 5.97 Å². The van der Waals surface area contributed by atoms with Crippen LogP contribution in [0.25, 0.3) is 12.2 Å². The molecule has 0 aromatic heterocycles. The molecule has 0 N–H and O–H groups in total. The van der Waals surface area contributed by atoms with Gasteiger partial charge >= 0.3 is 11.9 Å². The van der Waals surface area contributed by atoms with E-state index in [9.17, 15) is 9.59 Å². The van der Waals surface area contributed by atoms with Crippen molar-refractivity contribution in [2.24, 2.45) is 0 Å². The molecule has 0 fully saturated rings. The van der Waals surface area contributed by atoms with Gasteiger partial charge in [-0.2, -0.15) is 0 Å². The van der Waals surface area contributed by atoms with Gasteiger partial charge < -0.3 is 9.47 Å². The van der Waals surface area contributed by atoms with Crippen LogP contribution in [-0.4, -0.2) is 26.2 Å². The monoisotopic (exact) mass is 330 g/mol. The van der Waals surface area contributed by atoms with E-state index in [1.54, 1.807) is 42.5 Å². The zero-order valence-corrected chi connectivity index (χ0v) is 13.5. The molecule has 0 spiro atoms. The van der Waals surface area contributed by atoms with Gasteiger partial charge in [0, 0.05) is 5.02 Å². The minimum atomic E-state index is -0.430. The average Bonchev–Trinajstić information content (AvgIpc) is 2.59. The Morgan fingerprint density at radius 2 is 1.43 bits per heavy atom. The summed E-state index contributed by atoms with van der Waals surface area (Å²) in [5.74, 6) is -0.803. The number of methoxy groups -OCH3 is 2. The van der Waals surface area contributed by atoms with Crippen LogP contribution < -0.4 is 0 Å². The molecule has 0 bridgehead atoms. The summed E-state index contributed by atoms with van der Waals surface area (Å²) in [5.41, 5.74) is 2.57. The second-order valence-corrected chi connectivity index (χ2v) is 5.08. The molecule has 4 nitrogen and oxygen atoms in total. The van der Waals surface area contributed by atoms with Gasteiger partial charge in [0.15, 0.2) is 0 Å². The van der Waals surface area contributed by atoms with E-state index in [0.29, 0.717) is 16.1 Å². The van der Waals surface area contributed by atoms with Crippen molar-refractivity contribution in [3.8, 4) is 0 Å². The molecule has 0 aliphatic carbocycles. The number of rotatable bonds is 4. The van der Waals surface area contributed by atoms with Crippen molar-refractivity contribution in [2.75, 3.05) is 14.2 Å². The molecule has 2 aromatic carbocycles. The highest BCUT2D eigenvalue weighted by Crippen LogP contribution is 2.21. The number of hydrogen-bond donors (Lipinski definition) is 0. The molecule has 23 heavy (non-hydrogen) atoms. The van der Waals surface area contributed by atoms with Crippen molar-refractivity contribution in [3.63, 3.8) is 0 Å². The van der Waals surface area contributed by atoms with Gasteiger partial charge in [0.1, 0.15) is 0 Å². The topological polar surface area (TPSA) is 52.6 Å². The van der Waals surface area contributed by atoms with Crippen LogP contribution >= 0.6 is 11.6 Å². The molecule has 0 saturated heterocycles. The van der Waals surface area contributed by atoms with E-state index in [1.165, 1.54) is 14.2 Å². The number of carbonyl (C=O) groups is 2. The maximum absolute atomic E-state index is 11.4. The van der Waals surface area contributed by atoms with Crippen LogP contribution in [0.4, 0.5) is 0 Å². The Balaban J connectivity index is 2.17. The molecule has 2 aromatic rings. The minimum absolute atomic E-state index is 0.373. The van der Waals surface area contributed by atoms with E-state index in [2.05, 4.69) is 9.47 Å². The van der Waals surface area contributed by atoms with Gasteiger partial charge in [0.25, 0.3) is 0 Å². The van der Waals surface area contributed by atoms with Gasteiger partial charge in [-0.1, -0.05) is 42.0 Å². The molecule has 0 heterocycles. The summed E-state index contributed by atoms with van der Waals surface area (Å²) in [4.78, 5) is 22.8. The van der Waals surface area contributed by atoms with E-state index in [1.807, 2.05) is 12.2 Å². The molecule has 2 rings (SSSR count). The molecular weight excluding hydrogens is 316 g/mol. The first-order valence-corrected chi connectivity index (χ1v) is 7.17. The fourth-order valence-corrected chi connectivity index (χ4v) is 2.18. The largest absolute Gasteiger partial charge is 0.465 e. The Labute approximate surface area is 139 Å². The lowest BCUT2D eigenvalue weighted by molar-refractivity contribution is 0.0592. The minimum Gasteiger partial charge on any atom is -0.465 e. The zero-order valence-electron chi connectivity index (χ0n) is 12.7. The summed E-state index contributed by atoms with van der Waals surface area (Å²) in [7, 11) is 2.66. The Kier molecular flexibility index (Phi) is 5.55. The molecule has 0 saturated carbocycles. The lowest BCUT2D eigenvalue weighted by Crippen LogP contribution is -2.00. The third kappa shape index (κ3) is 4.20. The Morgan fingerprint density at radius 3 is 2.00 bits per heavy atom. The zero-order chi connectivity index (χ0) is 16.8. The predicted molar refractivity (Wildman–Crippen MR) is 89.5 cm³/mol. The molecule has 5 heteroatoms. The molecule has 0 radical (unpaired) electrons. The second kappa shape index (κ2) is 7.61. The fourth-order valence-electron chi connectivity index (χ4n) is 1.94. The summed E-state index contributed by atoms with van der Waals surface area (Å²) in [6, 6.07) is 11.9. The van der Waals surface area contributed by atoms with Crippen LogP contribution in [0, 0.1) is 0 Å². The summed E-state index contributed by atoms with van der Waals surface area (Å²) in [6.45, 7) is 0. The standard InChI is InChI=1S/C18H15ClO4/c1-22-17(20)14-7-4-12(5-8-14)3-6-13-9-10-15(11-16(13)19)18(21)23-2/h3-11H,1-2H3/b6-3+. The van der Waals surface area contributed by atoms with Crippen molar-refractivity contribution >= 4 is 35.7 Å². The molecule has 0 aliphatic heterocycles. The number of esters is 2. The van der Waals surface area contributed by atoms with Gasteiger partial charge in [-0.15, -0.1) is 0 Å². The van der Waals surface area contributed by atoms with Crippen molar-refractivity contribution in [3.05, 3.63) is 69.7 Å². The average molecular weight is 331 g/mol. The summed E-state index contributed by atoms with van der Waals surface area (Å²) >= 11 is 6.16. The highest BCUT2D eigenvalue weighted by molar-refractivity contribution is 6.32. The maximum Gasteiger partial charge on any atom is 0.337 e. The van der Waals surface area contributed by atoms with Crippen LogP contribution in [0.5, 0.6) is 0 Å². The normalized spacial score (nSPS) is 10.6. The molecule has 118 valence electrons. The molecule has 0 amide bonds. The number of hydrogen-bond acceptors (Lipinski definition) is 4. The van der Waals surface area contributed by atoms with Crippen molar-refractivity contribution in [2.45, 2.75) is 0 Å². The Bertz CT molecular complexity index is 748. The molecule has 0 aliphatic rings. The van der Waals surface area contributed by atoms with Gasteiger partial charge in [-0.3, -0.25) is 0 Å². The van der Waals surface area contributed by atoms with Crippen LogP contribution in [0.2, 0.25) is 5.02 Å². The van der Waals surface area contributed by atoms with Crippen LogP contribution in [0.1, 0.15) is 31.8 Å². The lowest BCUT2D eigenvalue weighted by Gasteiger charge is -2.03. The maximum atomic E-state index is 11.4. The first kappa shape index (κ1) is 16.8. The third-order valence-electron chi connectivity index (χ3n) is 3.21. The first-order chi connectivity index (χ1) is 11.0. The van der Waals surface area contributed by atoms with E-state index in [4.69, 9.17) is 11.6 Å². The third-order valence-corrected chi connectivity index (χ3v) is 3.54. The summed E-state index contributed by atoms with van der Waals surface area (Å²) in [5, 5.41) is 0.454. The number of halogens is 1. The highest BCUT2D eigenvalue weighted by Gasteiger charge is 2.07. The SMILES string of the molecule is COC(=O)c1ccc(/C=C/c2ccc(C(=O)OC)cc2Cl)cc1. The Hall–Kier alpha value is -2.59. The fraction of sp³-hybridized carbons (Fsp3) is 0.111. The highest BCUT2D eigenvalue weighted by atomic mass is 35.5. The van der Waals surface area contributed by atoms with Gasteiger partial charge in [0.2, 0.25) is 0 Å². The van der Waals surface area contributed by atoms with Gasteiger partial charge in [-0.05, 0) is 35.4 Å². The van der Waals surface area contributed by atoms with Gasteiger partial charge in [0.05, 0.1) is 25.3 Å². The van der Waals surface area contributed by atoms with Crippen molar-refractivity contribution in [1.29, 1.82) is 0 Å². The number of benzene rings is 2.